The van der Waals surface area contributed by atoms with Gasteiger partial charge in [0.15, 0.2) is 5.82 Å². The molecule has 0 saturated heterocycles. The van der Waals surface area contributed by atoms with E-state index in [9.17, 15) is 4.21 Å². The Bertz CT molecular complexity index is 1220. The number of hydrogen-bond donors (Lipinski definition) is 4. The van der Waals surface area contributed by atoms with Crippen molar-refractivity contribution in [3.63, 3.8) is 0 Å². The summed E-state index contributed by atoms with van der Waals surface area (Å²) >= 11 is 4.26. The summed E-state index contributed by atoms with van der Waals surface area (Å²) in [5.41, 5.74) is 4.79. The molecule has 2 heterocycles. The van der Waals surface area contributed by atoms with Crippen LogP contribution in [-0.2, 0) is 29.1 Å². The van der Waals surface area contributed by atoms with E-state index in [4.69, 9.17) is 20.9 Å². The highest BCUT2D eigenvalue weighted by Gasteiger charge is 2.18. The van der Waals surface area contributed by atoms with Crippen LogP contribution in [0.4, 0.5) is 28.8 Å². The van der Waals surface area contributed by atoms with E-state index < -0.39 is 11.3 Å². The third-order valence-corrected chi connectivity index (χ3v) is 6.57. The minimum atomic E-state index is -2.11. The Morgan fingerprint density at radius 1 is 1.19 bits per heavy atom. The summed E-state index contributed by atoms with van der Waals surface area (Å²) in [4.78, 5) is 13.6. The first-order valence-electron chi connectivity index (χ1n) is 11.5. The van der Waals surface area contributed by atoms with Crippen molar-refractivity contribution in [2.75, 3.05) is 55.9 Å². The zero-order valence-electron chi connectivity index (χ0n) is 20.2. The maximum Gasteiger partial charge on any atom is 0.232 e. The molecule has 0 bridgehead atoms. The Balaban J connectivity index is 1.53. The molecular weight excluding hydrogens is 502 g/mol. The molecule has 1 aliphatic rings. The summed E-state index contributed by atoms with van der Waals surface area (Å²) in [5.74, 6) is 0.819. The van der Waals surface area contributed by atoms with Gasteiger partial charge in [0.1, 0.15) is 5.02 Å². The number of ether oxygens (including phenoxy) is 1. The number of likely N-dealkylation sites (N-methyl/N-ethyl adjacent to an activating group) is 1. The summed E-state index contributed by atoms with van der Waals surface area (Å²) in [6, 6.07) is 13.7. The Morgan fingerprint density at radius 2 is 2.03 bits per heavy atom. The van der Waals surface area contributed by atoms with Gasteiger partial charge in [-0.25, -0.2) is 13.9 Å². The van der Waals surface area contributed by atoms with Gasteiger partial charge in [-0.15, -0.1) is 0 Å². The number of rotatable bonds is 10. The second-order valence-corrected chi connectivity index (χ2v) is 9.60. The Hall–Kier alpha value is -2.80. The van der Waals surface area contributed by atoms with Crippen molar-refractivity contribution in [1.29, 1.82) is 0 Å². The van der Waals surface area contributed by atoms with Crippen molar-refractivity contribution in [2.24, 2.45) is 0 Å². The lowest BCUT2D eigenvalue weighted by molar-refractivity contribution is 0.147. The zero-order chi connectivity index (χ0) is 25.5. The van der Waals surface area contributed by atoms with E-state index in [1.807, 2.05) is 30.3 Å². The number of hydrogen-bond acceptors (Lipinski definition) is 8. The van der Waals surface area contributed by atoms with Crippen LogP contribution in [0, 0.1) is 0 Å². The smallest absolute Gasteiger partial charge is 0.232 e. The molecule has 1 aliphatic heterocycles. The van der Waals surface area contributed by atoms with Crippen molar-refractivity contribution in [1.82, 2.24) is 19.6 Å². The predicted octanol–water partition coefficient (Wildman–Crippen LogP) is 3.74. The van der Waals surface area contributed by atoms with E-state index >= 15 is 0 Å². The standard InChI is InChI=1S/C24H30ClN7O3S/c1-31-9-10-32(11-12-35-2)16-18-13-19(7-8-22(18)31)28-24-26-15-20(25)23(30-24)29-21-6-4-3-5-17(21)14-27-36(33)34/h3-8,13,15,27H,9-12,14,16H2,1-2H3,(H,33,34)(H2,26,28,29,30). The van der Waals surface area contributed by atoms with Crippen LogP contribution in [0.15, 0.2) is 48.7 Å². The highest BCUT2D eigenvalue weighted by atomic mass is 35.5. The molecule has 0 saturated carbocycles. The molecular formula is C24H30ClN7O3S. The zero-order valence-corrected chi connectivity index (χ0v) is 21.8. The quantitative estimate of drug-likeness (QED) is 0.290. The van der Waals surface area contributed by atoms with E-state index in [0.717, 1.165) is 37.4 Å². The van der Waals surface area contributed by atoms with Gasteiger partial charge in [-0.05, 0) is 35.4 Å². The number of methoxy groups -OCH3 is 1. The van der Waals surface area contributed by atoms with E-state index in [1.165, 1.54) is 17.4 Å². The van der Waals surface area contributed by atoms with Crippen molar-refractivity contribution in [3.05, 3.63) is 64.8 Å². The fourth-order valence-electron chi connectivity index (χ4n) is 4.01. The molecule has 3 aromatic rings. The summed E-state index contributed by atoms with van der Waals surface area (Å²) in [5, 5.41) is 6.85. The fourth-order valence-corrected chi connectivity index (χ4v) is 4.43. The van der Waals surface area contributed by atoms with Crippen LogP contribution in [0.5, 0.6) is 0 Å². The summed E-state index contributed by atoms with van der Waals surface area (Å²) in [6.45, 7) is 4.52. The molecule has 2 aromatic carbocycles. The maximum absolute atomic E-state index is 11.0. The first-order valence-corrected chi connectivity index (χ1v) is 13.0. The van der Waals surface area contributed by atoms with Gasteiger partial charge in [0.05, 0.1) is 12.8 Å². The summed E-state index contributed by atoms with van der Waals surface area (Å²) in [6.07, 6.45) is 1.53. The van der Waals surface area contributed by atoms with Gasteiger partial charge >= 0.3 is 0 Å². The summed E-state index contributed by atoms with van der Waals surface area (Å²) < 4.78 is 27.8. The first kappa shape index (κ1) is 26.3. The van der Waals surface area contributed by atoms with Gasteiger partial charge in [-0.2, -0.15) is 4.98 Å². The van der Waals surface area contributed by atoms with Crippen LogP contribution < -0.4 is 20.3 Å². The van der Waals surface area contributed by atoms with Crippen LogP contribution in [-0.4, -0.2) is 64.0 Å². The van der Waals surface area contributed by atoms with Crippen molar-refractivity contribution < 1.29 is 13.5 Å². The highest BCUT2D eigenvalue weighted by Crippen LogP contribution is 2.30. The van der Waals surface area contributed by atoms with Gasteiger partial charge in [0.25, 0.3) is 0 Å². The van der Waals surface area contributed by atoms with Gasteiger partial charge in [0.2, 0.25) is 17.2 Å². The minimum absolute atomic E-state index is 0.199. The Morgan fingerprint density at radius 3 is 2.83 bits per heavy atom. The third-order valence-electron chi connectivity index (χ3n) is 5.90. The molecule has 36 heavy (non-hydrogen) atoms. The number of nitrogens with zero attached hydrogens (tertiary/aromatic N) is 4. The van der Waals surface area contributed by atoms with Crippen LogP contribution in [0.3, 0.4) is 0 Å². The number of anilines is 5. The normalized spacial score (nSPS) is 14.7. The molecule has 0 amide bonds. The molecule has 0 spiro atoms. The second-order valence-electron chi connectivity index (χ2n) is 8.40. The molecule has 1 unspecified atom stereocenters. The van der Waals surface area contributed by atoms with Gasteiger partial charge in [-0.1, -0.05) is 29.8 Å². The maximum atomic E-state index is 11.0. The van der Waals surface area contributed by atoms with E-state index in [-0.39, 0.29) is 6.54 Å². The third kappa shape index (κ3) is 6.90. The monoisotopic (exact) mass is 531 g/mol. The number of halogens is 1. The topological polar surface area (TPSA) is 115 Å². The Labute approximate surface area is 218 Å². The van der Waals surface area contributed by atoms with Crippen LogP contribution in [0.25, 0.3) is 0 Å². The molecule has 4 rings (SSSR count). The highest BCUT2D eigenvalue weighted by molar-refractivity contribution is 7.77. The molecule has 1 atom stereocenters. The number of fused-ring (bicyclic) bond motifs is 1. The van der Waals surface area contributed by atoms with Gasteiger partial charge in [-0.3, -0.25) is 9.45 Å². The van der Waals surface area contributed by atoms with Crippen LogP contribution >= 0.6 is 11.6 Å². The number of nitrogens with one attached hydrogen (secondary N) is 3. The van der Waals surface area contributed by atoms with E-state index in [1.54, 1.807) is 7.11 Å². The SMILES string of the molecule is COCCN1CCN(C)c2ccc(Nc3ncc(Cl)c(Nc4ccccc4CNS(=O)O)n3)cc2C1. The molecule has 0 radical (unpaired) electrons. The lowest BCUT2D eigenvalue weighted by Crippen LogP contribution is -2.31. The van der Waals surface area contributed by atoms with E-state index in [0.29, 0.717) is 29.1 Å². The number of para-hydroxylation sites is 1. The van der Waals surface area contributed by atoms with Crippen molar-refractivity contribution in [2.45, 2.75) is 13.1 Å². The van der Waals surface area contributed by atoms with Crippen molar-refractivity contribution >= 4 is 51.7 Å². The van der Waals surface area contributed by atoms with Gasteiger partial charge < -0.3 is 20.3 Å². The van der Waals surface area contributed by atoms with Crippen LogP contribution in [0.1, 0.15) is 11.1 Å². The largest absolute Gasteiger partial charge is 0.383 e. The molecule has 0 aliphatic carbocycles. The molecule has 4 N–H and O–H groups in total. The lowest BCUT2D eigenvalue weighted by atomic mass is 10.1. The molecule has 0 fully saturated rings. The average molecular weight is 532 g/mol. The first-order chi connectivity index (χ1) is 17.4. The minimum Gasteiger partial charge on any atom is -0.383 e. The number of benzene rings is 2. The molecule has 192 valence electrons. The molecule has 12 heteroatoms. The lowest BCUT2D eigenvalue weighted by Gasteiger charge is -2.20. The van der Waals surface area contributed by atoms with Gasteiger partial charge in [0, 0.05) is 63.9 Å². The molecule has 10 nitrogen and oxygen atoms in total. The average Bonchev–Trinajstić information content (AvgIpc) is 3.02. The fraction of sp³-hybridized carbons (Fsp3) is 0.333. The van der Waals surface area contributed by atoms with Crippen LogP contribution in [0.2, 0.25) is 5.02 Å². The second kappa shape index (κ2) is 12.4. The molecule has 1 aromatic heterocycles. The Kier molecular flexibility index (Phi) is 9.08. The summed E-state index contributed by atoms with van der Waals surface area (Å²) in [7, 11) is 3.83. The predicted molar refractivity (Wildman–Crippen MR) is 145 cm³/mol. The van der Waals surface area contributed by atoms with E-state index in [2.05, 4.69) is 54.3 Å². The number of aromatic nitrogens is 2. The van der Waals surface area contributed by atoms with Crippen molar-refractivity contribution in [3.8, 4) is 0 Å².